The summed E-state index contributed by atoms with van der Waals surface area (Å²) in [7, 11) is -5.21. The zero-order valence-electron chi connectivity index (χ0n) is 21.2. The number of nitrogens with one attached hydrogen (secondary N) is 1. The Morgan fingerprint density at radius 2 is 1.81 bits per heavy atom. The van der Waals surface area contributed by atoms with Crippen molar-refractivity contribution in [3.05, 3.63) is 58.6 Å². The van der Waals surface area contributed by atoms with Crippen LogP contribution in [0.5, 0.6) is 11.5 Å². The molecule has 18 heteroatoms. The smallest absolute Gasteiger partial charge is 0.342 e. The Morgan fingerprint density at radius 3 is 2.45 bits per heavy atom. The number of aromatic hydroxyl groups is 2. The summed E-state index contributed by atoms with van der Waals surface area (Å²) in [6.07, 6.45) is 1.45. The Labute approximate surface area is 247 Å². The highest BCUT2D eigenvalue weighted by Gasteiger charge is 2.66. The Kier molecular flexibility index (Phi) is 7.46. The van der Waals surface area contributed by atoms with E-state index in [1.54, 1.807) is 24.3 Å². The highest BCUT2D eigenvalue weighted by molar-refractivity contribution is 8.02. The van der Waals surface area contributed by atoms with Crippen LogP contribution in [0.3, 0.4) is 0 Å². The molecule has 2 aromatic carbocycles. The first-order chi connectivity index (χ1) is 19.7. The monoisotopic (exact) mass is 639 g/mol. The summed E-state index contributed by atoms with van der Waals surface area (Å²) >= 11 is 6.67. The number of benzene rings is 2. The number of carbonyl (C=O) groups is 4. The second-order valence-corrected chi connectivity index (χ2v) is 12.8. The molecular weight excluding hydrogens is 618 g/mol. The van der Waals surface area contributed by atoms with E-state index in [-0.39, 0.29) is 13.1 Å². The van der Waals surface area contributed by atoms with E-state index in [9.17, 15) is 47.5 Å². The van der Waals surface area contributed by atoms with Crippen molar-refractivity contribution >= 4 is 63.5 Å². The van der Waals surface area contributed by atoms with Gasteiger partial charge in [-0.25, -0.2) is 14.6 Å². The molecule has 0 saturated carbocycles. The van der Waals surface area contributed by atoms with Gasteiger partial charge >= 0.3 is 12.0 Å². The van der Waals surface area contributed by atoms with Gasteiger partial charge in [0, 0.05) is 23.2 Å². The van der Waals surface area contributed by atoms with Gasteiger partial charge in [-0.2, -0.15) is 13.5 Å². The van der Waals surface area contributed by atoms with Crippen molar-refractivity contribution in [2.75, 3.05) is 19.6 Å². The maximum Gasteiger partial charge on any atom is 0.342 e. The van der Waals surface area contributed by atoms with E-state index < -0.39 is 84.1 Å². The molecule has 0 bridgehead atoms. The maximum atomic E-state index is 13.2. The number of nitrogens with zero attached hydrogens (tertiary/aromatic N) is 4. The zero-order chi connectivity index (χ0) is 30.6. The first-order valence-electron chi connectivity index (χ1n) is 12.1. The predicted molar refractivity (Wildman–Crippen MR) is 147 cm³/mol. The number of carboxylic acids is 1. The lowest BCUT2D eigenvalue weighted by Crippen LogP contribution is -2.68. The molecule has 5 rings (SSSR count). The van der Waals surface area contributed by atoms with Gasteiger partial charge in [0.25, 0.3) is 10.1 Å². The third-order valence-electron chi connectivity index (χ3n) is 6.96. The van der Waals surface area contributed by atoms with E-state index in [0.29, 0.717) is 23.4 Å². The third kappa shape index (κ3) is 4.97. The van der Waals surface area contributed by atoms with Crippen molar-refractivity contribution in [2.45, 2.75) is 21.5 Å². The van der Waals surface area contributed by atoms with E-state index in [1.165, 1.54) is 6.21 Å². The summed E-state index contributed by atoms with van der Waals surface area (Å²) in [5, 5.41) is 33.2. The van der Waals surface area contributed by atoms with Gasteiger partial charge in [0.1, 0.15) is 11.4 Å². The van der Waals surface area contributed by atoms with Crippen LogP contribution in [0.1, 0.15) is 16.4 Å². The molecule has 4 atom stereocenters. The van der Waals surface area contributed by atoms with Gasteiger partial charge in [0.05, 0.1) is 19.3 Å². The number of urea groups is 1. The number of fused-ring (bicyclic) bond motifs is 1. The topological polar surface area (TPSA) is 217 Å². The molecule has 4 amide bonds. The van der Waals surface area contributed by atoms with E-state index in [4.69, 9.17) is 11.6 Å². The minimum absolute atomic E-state index is 0.0241. The lowest BCUT2D eigenvalue weighted by molar-refractivity contribution is -0.151. The van der Waals surface area contributed by atoms with Gasteiger partial charge in [-0.1, -0.05) is 53.7 Å². The summed E-state index contributed by atoms with van der Waals surface area (Å²) in [6, 6.07) is 8.23. The second kappa shape index (κ2) is 10.6. The Balaban J connectivity index is 1.35. The Hall–Kier alpha value is -4.06. The van der Waals surface area contributed by atoms with Gasteiger partial charge in [0.2, 0.25) is 16.7 Å². The number of phenols is 2. The average molecular weight is 640 g/mol. The predicted octanol–water partition coefficient (Wildman–Crippen LogP) is 0.633. The van der Waals surface area contributed by atoms with E-state index in [1.807, 2.05) is 6.07 Å². The van der Waals surface area contributed by atoms with Crippen LogP contribution in [0.4, 0.5) is 4.79 Å². The number of amides is 4. The molecule has 15 nitrogen and oxygen atoms in total. The van der Waals surface area contributed by atoms with E-state index >= 15 is 0 Å². The van der Waals surface area contributed by atoms with Crippen LogP contribution in [0.15, 0.2) is 47.6 Å². The number of carboxylic acid groups (broad SMARTS) is 1. The van der Waals surface area contributed by atoms with E-state index in [0.717, 1.165) is 20.9 Å². The van der Waals surface area contributed by atoms with Crippen LogP contribution in [0, 0.1) is 0 Å². The van der Waals surface area contributed by atoms with Gasteiger partial charge in [0.15, 0.2) is 16.7 Å². The molecule has 3 aliphatic heterocycles. The quantitative estimate of drug-likeness (QED) is 0.117. The lowest BCUT2D eigenvalue weighted by atomic mass is 10.0. The van der Waals surface area contributed by atoms with Crippen molar-refractivity contribution in [2.24, 2.45) is 5.10 Å². The molecule has 3 aliphatic rings. The molecule has 2 aromatic rings. The molecule has 42 heavy (non-hydrogen) atoms. The number of thioether (sulfide) groups is 1. The molecule has 0 radical (unpaired) electrons. The van der Waals surface area contributed by atoms with E-state index in [2.05, 4.69) is 10.4 Å². The third-order valence-corrected chi connectivity index (χ3v) is 10.0. The number of β-lactam (4-membered cyclic amide) rings is 1. The molecule has 0 aromatic heterocycles. The summed E-state index contributed by atoms with van der Waals surface area (Å²) in [4.78, 5) is 52.0. The molecule has 3 fully saturated rings. The summed E-state index contributed by atoms with van der Waals surface area (Å²) in [5.74, 6) is -5.09. The van der Waals surface area contributed by atoms with Gasteiger partial charge in [-0.05, 0) is 11.6 Å². The first-order valence-corrected chi connectivity index (χ1v) is 14.9. The van der Waals surface area contributed by atoms with Crippen molar-refractivity contribution < 1.29 is 47.5 Å². The molecule has 0 aliphatic carbocycles. The number of halogens is 1. The Bertz CT molecular complexity index is 1620. The molecular formula is C24H22ClN5O10S2. The van der Waals surface area contributed by atoms with Gasteiger partial charge in [-0.15, -0.1) is 0 Å². The highest BCUT2D eigenvalue weighted by Crippen LogP contribution is 2.50. The summed E-state index contributed by atoms with van der Waals surface area (Å²) < 4.78 is 34.1. The lowest BCUT2D eigenvalue weighted by Gasteiger charge is -2.41. The molecule has 1 unspecified atom stereocenters. The van der Waals surface area contributed by atoms with Crippen LogP contribution < -0.4 is 5.32 Å². The fourth-order valence-corrected chi connectivity index (χ4v) is 7.71. The number of hydrazone groups is 1. The van der Waals surface area contributed by atoms with Crippen molar-refractivity contribution in [1.29, 1.82) is 0 Å². The summed E-state index contributed by atoms with van der Waals surface area (Å²) in [6.45, 7) is -0.360. The molecule has 3 heterocycles. The standard InChI is InChI=1S/C24H22ClN5O10S2/c25-14-9-16(32)15(31)8-13(14)18(42(38,39)40)19(33)27-17-20(34)28-11-24(22(35)36,41-21(17)28)29-6-7-30(23(29)37)26-10-12-4-2-1-3-5-12/h1-5,8-10,17-18,21,31-32H,6-7,11H2,(H,27,33)(H,35,36)(H,38,39,40)/t17-,18?,21-,24-/m1/s1. The number of phenolic OH excluding ortho intramolecular Hbond substituents is 2. The molecule has 222 valence electrons. The minimum atomic E-state index is -5.21. The Morgan fingerprint density at radius 1 is 1.14 bits per heavy atom. The minimum Gasteiger partial charge on any atom is -0.504 e. The molecule has 5 N–H and O–H groups in total. The first kappa shape index (κ1) is 29.4. The molecule has 0 spiro atoms. The van der Waals surface area contributed by atoms with Crippen LogP contribution >= 0.6 is 23.4 Å². The zero-order valence-corrected chi connectivity index (χ0v) is 23.6. The van der Waals surface area contributed by atoms with Crippen LogP contribution in [0.25, 0.3) is 0 Å². The number of aliphatic carboxylic acids is 1. The second-order valence-electron chi connectivity index (χ2n) is 9.52. The fraction of sp³-hybridized carbons (Fsp3) is 0.292. The number of hydrogen-bond donors (Lipinski definition) is 5. The van der Waals surface area contributed by atoms with Crippen LogP contribution in [-0.2, 0) is 24.5 Å². The maximum absolute atomic E-state index is 13.2. The summed E-state index contributed by atoms with van der Waals surface area (Å²) in [5.41, 5.74) is 0.139. The van der Waals surface area contributed by atoms with Crippen molar-refractivity contribution in [1.82, 2.24) is 20.1 Å². The van der Waals surface area contributed by atoms with Crippen LogP contribution in [0.2, 0.25) is 5.02 Å². The SMILES string of the molecule is O=C(N[C@@H]1C(=O)N2C[C@@](C(=O)O)(N3CCN(N=Cc4ccccc4)C3=O)S[C@H]12)C(c1cc(O)c(O)cc1Cl)S(=O)(=O)O. The largest absolute Gasteiger partial charge is 0.504 e. The fourth-order valence-electron chi connectivity index (χ4n) is 4.88. The number of hydrogen-bond acceptors (Lipinski definition) is 10. The molecule has 3 saturated heterocycles. The number of carbonyl (C=O) groups excluding carboxylic acids is 3. The average Bonchev–Trinajstić information content (AvgIpc) is 3.48. The van der Waals surface area contributed by atoms with Crippen molar-refractivity contribution in [3.63, 3.8) is 0 Å². The van der Waals surface area contributed by atoms with Crippen LogP contribution in [-0.4, -0.2) is 109 Å². The van der Waals surface area contributed by atoms with Gasteiger partial charge in [-0.3, -0.25) is 19.0 Å². The van der Waals surface area contributed by atoms with Crippen molar-refractivity contribution in [3.8, 4) is 11.5 Å². The van der Waals surface area contributed by atoms with Gasteiger partial charge < -0.3 is 25.5 Å². The normalized spacial score (nSPS) is 24.6. The number of rotatable bonds is 8. The highest BCUT2D eigenvalue weighted by atomic mass is 35.5.